The zero-order valence-corrected chi connectivity index (χ0v) is 24.4. The summed E-state index contributed by atoms with van der Waals surface area (Å²) >= 11 is 1.68. The average molecular weight is 531 g/mol. The van der Waals surface area contributed by atoms with Gasteiger partial charge in [-0.1, -0.05) is 96.1 Å². The van der Waals surface area contributed by atoms with Crippen LogP contribution in [0.5, 0.6) is 0 Å². The minimum atomic E-state index is -1.47. The third kappa shape index (κ3) is 5.04. The van der Waals surface area contributed by atoms with Gasteiger partial charge in [-0.25, -0.2) is 4.98 Å². The Hall–Kier alpha value is -3.69. The molecule has 0 radical (unpaired) electrons. The molecule has 4 aromatic carbocycles. The topological polar surface area (TPSA) is 17.8 Å². The molecule has 0 aliphatic rings. The van der Waals surface area contributed by atoms with Crippen LogP contribution in [0.15, 0.2) is 96.4 Å². The molecule has 39 heavy (non-hydrogen) atoms. The van der Waals surface area contributed by atoms with E-state index in [1.807, 2.05) is 39.0 Å². The lowest BCUT2D eigenvalue weighted by Gasteiger charge is -2.19. The van der Waals surface area contributed by atoms with Gasteiger partial charge in [0.25, 0.3) is 0 Å². The van der Waals surface area contributed by atoms with Crippen molar-refractivity contribution in [2.45, 2.75) is 53.3 Å². The van der Waals surface area contributed by atoms with Crippen molar-refractivity contribution in [1.29, 1.82) is 0 Å². The standard InChI is InChI=1S/C36H36N2S/c1-35(2,3)22-24-11-20-33-29(21-24)30(23-39-33)34-37-31-9-7-8-10-32(31)38(34)28-18-14-26(15-19-28)25-12-16-27(17-13-25)36(4,5)6/h7-21,23H,22H2,1-6H3/i22D2. The molecule has 2 heterocycles. The number of fused-ring (bicyclic) bond motifs is 2. The Bertz CT molecular complexity index is 1860. The van der Waals surface area contributed by atoms with E-state index in [1.165, 1.54) is 16.7 Å². The van der Waals surface area contributed by atoms with Gasteiger partial charge in [0.15, 0.2) is 0 Å². The first-order valence-electron chi connectivity index (χ1n) is 14.6. The molecule has 6 rings (SSSR count). The highest BCUT2D eigenvalue weighted by molar-refractivity contribution is 7.17. The summed E-state index contributed by atoms with van der Waals surface area (Å²) < 4.78 is 21.1. The van der Waals surface area contributed by atoms with Crippen LogP contribution in [0, 0.1) is 5.41 Å². The summed E-state index contributed by atoms with van der Waals surface area (Å²) in [4.78, 5) is 5.11. The Kier molecular flexibility index (Phi) is 5.65. The molecular weight excluding hydrogens is 492 g/mol. The number of para-hydroxylation sites is 2. The van der Waals surface area contributed by atoms with E-state index in [9.17, 15) is 0 Å². The molecule has 3 heteroatoms. The summed E-state index contributed by atoms with van der Waals surface area (Å²) in [5.41, 5.74) is 8.05. The highest BCUT2D eigenvalue weighted by atomic mass is 32.1. The predicted molar refractivity (Wildman–Crippen MR) is 169 cm³/mol. The van der Waals surface area contributed by atoms with Gasteiger partial charge in [-0.15, -0.1) is 11.3 Å². The van der Waals surface area contributed by atoms with Crippen LogP contribution in [0.4, 0.5) is 0 Å². The van der Waals surface area contributed by atoms with Crippen LogP contribution in [-0.2, 0) is 11.8 Å². The highest BCUT2D eigenvalue weighted by Gasteiger charge is 2.19. The number of thiophene rings is 1. The Balaban J connectivity index is 1.47. The smallest absolute Gasteiger partial charge is 0.147 e. The van der Waals surface area contributed by atoms with Gasteiger partial charge in [0.05, 0.1) is 11.0 Å². The molecule has 0 unspecified atom stereocenters. The molecule has 0 aliphatic heterocycles. The van der Waals surface area contributed by atoms with E-state index in [0.29, 0.717) is 5.56 Å². The second-order valence-corrected chi connectivity index (χ2v) is 13.3. The fraction of sp³-hybridized carbons (Fsp3) is 0.250. The molecular formula is C36H36N2S. The molecule has 0 atom stereocenters. The monoisotopic (exact) mass is 530 g/mol. The average Bonchev–Trinajstić information content (AvgIpc) is 3.53. The normalized spacial score (nSPS) is 13.6. The third-order valence-electron chi connectivity index (χ3n) is 7.10. The van der Waals surface area contributed by atoms with Crippen molar-refractivity contribution in [1.82, 2.24) is 9.55 Å². The zero-order valence-electron chi connectivity index (χ0n) is 25.5. The van der Waals surface area contributed by atoms with Crippen LogP contribution in [0.1, 0.15) is 55.4 Å². The molecule has 0 fully saturated rings. The van der Waals surface area contributed by atoms with Crippen LogP contribution in [0.25, 0.3) is 49.3 Å². The van der Waals surface area contributed by atoms with Gasteiger partial charge in [-0.05, 0) is 75.9 Å². The summed E-state index contributed by atoms with van der Waals surface area (Å²) in [5.74, 6) is 0.869. The van der Waals surface area contributed by atoms with Gasteiger partial charge in [0, 0.05) is 29.5 Å². The maximum Gasteiger partial charge on any atom is 0.147 e. The Morgan fingerprint density at radius 3 is 2.13 bits per heavy atom. The second-order valence-electron chi connectivity index (χ2n) is 12.4. The lowest BCUT2D eigenvalue weighted by atomic mass is 9.86. The summed E-state index contributed by atoms with van der Waals surface area (Å²) in [7, 11) is 0. The maximum absolute atomic E-state index is 8.87. The van der Waals surface area contributed by atoms with E-state index < -0.39 is 11.8 Å². The summed E-state index contributed by atoms with van der Waals surface area (Å²) in [6.07, 6.45) is -1.47. The predicted octanol–water partition coefficient (Wildman–Crippen LogP) is 10.5. The molecule has 0 saturated carbocycles. The molecule has 196 valence electrons. The molecule has 0 N–H and O–H groups in total. The molecule has 0 bridgehead atoms. The largest absolute Gasteiger partial charge is 0.292 e. The first kappa shape index (κ1) is 23.2. The maximum atomic E-state index is 8.87. The zero-order chi connectivity index (χ0) is 29.2. The molecule has 0 saturated heterocycles. The van der Waals surface area contributed by atoms with E-state index >= 15 is 0 Å². The minimum absolute atomic E-state index is 0.128. The van der Waals surface area contributed by atoms with E-state index in [-0.39, 0.29) is 5.41 Å². The summed E-state index contributed by atoms with van der Waals surface area (Å²) in [6, 6.07) is 31.8. The highest BCUT2D eigenvalue weighted by Crippen LogP contribution is 2.38. The van der Waals surface area contributed by atoms with E-state index in [4.69, 9.17) is 7.73 Å². The molecule has 2 nitrogen and oxygen atoms in total. The van der Waals surface area contributed by atoms with E-state index in [0.717, 1.165) is 38.2 Å². The van der Waals surface area contributed by atoms with Crippen LogP contribution >= 0.6 is 11.3 Å². The first-order chi connectivity index (χ1) is 19.3. The van der Waals surface area contributed by atoms with Crippen molar-refractivity contribution in [3.05, 3.63) is 108 Å². The number of hydrogen-bond donors (Lipinski definition) is 0. The number of nitrogens with zero attached hydrogens (tertiary/aromatic N) is 2. The summed E-state index contributed by atoms with van der Waals surface area (Å²) in [5, 5.41) is 3.19. The van der Waals surface area contributed by atoms with Crippen LogP contribution < -0.4 is 0 Å². The Morgan fingerprint density at radius 2 is 1.46 bits per heavy atom. The fourth-order valence-electron chi connectivity index (χ4n) is 5.15. The number of hydrogen-bond acceptors (Lipinski definition) is 2. The van der Waals surface area contributed by atoms with Crippen molar-refractivity contribution >= 4 is 32.5 Å². The third-order valence-corrected chi connectivity index (χ3v) is 8.07. The van der Waals surface area contributed by atoms with Gasteiger partial charge in [0.1, 0.15) is 5.82 Å². The second kappa shape index (κ2) is 9.50. The Morgan fingerprint density at radius 1 is 0.795 bits per heavy atom. The molecule has 0 aliphatic carbocycles. The van der Waals surface area contributed by atoms with Crippen molar-refractivity contribution in [3.63, 3.8) is 0 Å². The van der Waals surface area contributed by atoms with Crippen molar-refractivity contribution < 1.29 is 2.74 Å². The van der Waals surface area contributed by atoms with Crippen molar-refractivity contribution in [3.8, 4) is 28.2 Å². The van der Waals surface area contributed by atoms with E-state index in [1.54, 1.807) is 11.3 Å². The minimum Gasteiger partial charge on any atom is -0.292 e. The van der Waals surface area contributed by atoms with Gasteiger partial charge in [0.2, 0.25) is 0 Å². The van der Waals surface area contributed by atoms with Gasteiger partial charge >= 0.3 is 0 Å². The van der Waals surface area contributed by atoms with Crippen molar-refractivity contribution in [2.24, 2.45) is 5.41 Å². The van der Waals surface area contributed by atoms with Gasteiger partial charge in [-0.3, -0.25) is 4.57 Å². The quantitative estimate of drug-likeness (QED) is 0.222. The van der Waals surface area contributed by atoms with Gasteiger partial charge in [-0.2, -0.15) is 0 Å². The molecule has 6 aromatic rings. The van der Waals surface area contributed by atoms with Gasteiger partial charge < -0.3 is 0 Å². The van der Waals surface area contributed by atoms with E-state index in [2.05, 4.69) is 104 Å². The Labute approximate surface area is 238 Å². The lowest BCUT2D eigenvalue weighted by molar-refractivity contribution is 0.411. The van der Waals surface area contributed by atoms with Crippen LogP contribution in [0.3, 0.4) is 0 Å². The number of aromatic nitrogens is 2. The lowest BCUT2D eigenvalue weighted by Crippen LogP contribution is -2.10. The molecule has 0 amide bonds. The summed E-state index contributed by atoms with van der Waals surface area (Å²) in [6.45, 7) is 12.6. The van der Waals surface area contributed by atoms with Crippen LogP contribution in [0.2, 0.25) is 0 Å². The number of rotatable bonds is 4. The first-order valence-corrected chi connectivity index (χ1v) is 14.4. The fourth-order valence-corrected chi connectivity index (χ4v) is 6.07. The number of imidazole rings is 1. The van der Waals surface area contributed by atoms with Crippen molar-refractivity contribution in [2.75, 3.05) is 0 Å². The van der Waals surface area contributed by atoms with Crippen LogP contribution in [-0.4, -0.2) is 9.55 Å². The molecule has 2 aromatic heterocycles. The SMILES string of the molecule is [2H]C([2H])(c1ccc2scc(-c3nc4ccccc4n3-c3ccc(-c4ccc(C(C)(C)C)cc4)cc3)c2c1)C(C)(C)C. The number of benzene rings is 4. The molecule has 0 spiro atoms.